The van der Waals surface area contributed by atoms with E-state index in [1.807, 2.05) is 7.05 Å². The second kappa shape index (κ2) is 5.08. The van der Waals surface area contributed by atoms with Crippen molar-refractivity contribution in [1.82, 2.24) is 19.2 Å². The van der Waals surface area contributed by atoms with E-state index in [0.29, 0.717) is 6.42 Å². The van der Waals surface area contributed by atoms with Gasteiger partial charge in [-0.25, -0.2) is 9.48 Å². The van der Waals surface area contributed by atoms with Gasteiger partial charge in [0.05, 0.1) is 5.71 Å². The third-order valence-electron chi connectivity index (χ3n) is 3.72. The molecule has 104 valence electrons. The Kier molecular flexibility index (Phi) is 3.66. The van der Waals surface area contributed by atoms with Crippen molar-refractivity contribution >= 4 is 5.71 Å². The van der Waals surface area contributed by atoms with Gasteiger partial charge < -0.3 is 10.3 Å². The summed E-state index contributed by atoms with van der Waals surface area (Å²) in [5.41, 5.74) is -0.687. The van der Waals surface area contributed by atoms with Gasteiger partial charge in [0.1, 0.15) is 0 Å². The van der Waals surface area contributed by atoms with Crippen LogP contribution in [0.25, 0.3) is 0 Å². The summed E-state index contributed by atoms with van der Waals surface area (Å²) in [6.45, 7) is 1.02. The zero-order chi connectivity index (χ0) is 14.2. The fourth-order valence-corrected chi connectivity index (χ4v) is 2.46. The van der Waals surface area contributed by atoms with Crippen LogP contribution in [0.5, 0.6) is 0 Å². The first-order valence-corrected chi connectivity index (χ1v) is 6.34. The van der Waals surface area contributed by atoms with E-state index in [1.165, 1.54) is 14.1 Å². The molecule has 1 aromatic rings. The summed E-state index contributed by atoms with van der Waals surface area (Å²) in [5.74, 6) is 0. The summed E-state index contributed by atoms with van der Waals surface area (Å²) in [6.07, 6.45) is 2.65. The van der Waals surface area contributed by atoms with Crippen LogP contribution >= 0.6 is 0 Å². The van der Waals surface area contributed by atoms with E-state index < -0.39 is 11.2 Å². The summed E-state index contributed by atoms with van der Waals surface area (Å²) in [6, 6.07) is 0.288. The van der Waals surface area contributed by atoms with Gasteiger partial charge in [0.25, 0.3) is 5.56 Å². The Morgan fingerprint density at radius 2 is 2.05 bits per heavy atom. The molecule has 1 unspecified atom stereocenters. The number of likely N-dealkylation sites (tertiary alicyclic amines) is 1. The van der Waals surface area contributed by atoms with E-state index in [1.54, 1.807) is 0 Å². The lowest BCUT2D eigenvalue weighted by molar-refractivity contribution is 0.317. The Balaban J connectivity index is 2.30. The first-order valence-electron chi connectivity index (χ1n) is 6.34. The molecule has 7 nitrogen and oxygen atoms in total. The Hall–Kier alpha value is -1.76. The number of hydrogen-bond donors (Lipinski definition) is 1. The molecule has 1 aromatic heterocycles. The third-order valence-corrected chi connectivity index (χ3v) is 3.72. The van der Waals surface area contributed by atoms with Crippen LogP contribution in [0, 0.1) is 5.41 Å². The Morgan fingerprint density at radius 3 is 2.63 bits per heavy atom. The van der Waals surface area contributed by atoms with Crippen molar-refractivity contribution in [1.29, 1.82) is 5.41 Å². The first kappa shape index (κ1) is 13.7. The summed E-state index contributed by atoms with van der Waals surface area (Å²) in [4.78, 5) is 25.7. The zero-order valence-electron chi connectivity index (χ0n) is 11.5. The number of aryl methyl sites for hydroxylation is 1. The minimum Gasteiger partial charge on any atom is -0.303 e. The smallest absolute Gasteiger partial charge is 0.303 e. The van der Waals surface area contributed by atoms with Crippen LogP contribution in [-0.4, -0.2) is 44.6 Å². The Labute approximate surface area is 111 Å². The average Bonchev–Trinajstić information content (AvgIpc) is 2.77. The van der Waals surface area contributed by atoms with Gasteiger partial charge in [-0.05, 0) is 26.4 Å². The molecule has 1 saturated heterocycles. The topological polar surface area (TPSA) is 84.0 Å². The summed E-state index contributed by atoms with van der Waals surface area (Å²) in [7, 11) is 4.92. The normalized spacial score (nSPS) is 19.8. The summed E-state index contributed by atoms with van der Waals surface area (Å²) >= 11 is 0. The van der Waals surface area contributed by atoms with Gasteiger partial charge in [0.15, 0.2) is 5.69 Å². The highest BCUT2D eigenvalue weighted by Gasteiger charge is 2.24. The van der Waals surface area contributed by atoms with E-state index in [0.717, 1.165) is 28.6 Å². The van der Waals surface area contributed by atoms with Crippen molar-refractivity contribution in [3.8, 4) is 0 Å². The van der Waals surface area contributed by atoms with Crippen molar-refractivity contribution in [2.24, 2.45) is 14.1 Å². The molecule has 7 heteroatoms. The lowest BCUT2D eigenvalue weighted by Gasteiger charge is -2.19. The molecular formula is C12H19N5O2. The molecule has 0 radical (unpaired) electrons. The Bertz CT molecular complexity index is 616. The van der Waals surface area contributed by atoms with Crippen molar-refractivity contribution in [3.05, 3.63) is 26.5 Å². The fraction of sp³-hybridized carbons (Fsp3) is 0.667. The van der Waals surface area contributed by atoms with Crippen molar-refractivity contribution in [3.63, 3.8) is 0 Å². The molecule has 2 rings (SSSR count). The molecule has 0 saturated carbocycles. The van der Waals surface area contributed by atoms with Crippen LogP contribution in [0.2, 0.25) is 0 Å². The molecule has 19 heavy (non-hydrogen) atoms. The average molecular weight is 265 g/mol. The monoisotopic (exact) mass is 265 g/mol. The lowest BCUT2D eigenvalue weighted by Crippen LogP contribution is -2.42. The maximum absolute atomic E-state index is 12.0. The van der Waals surface area contributed by atoms with Gasteiger partial charge in [-0.15, -0.1) is 0 Å². The van der Waals surface area contributed by atoms with Gasteiger partial charge in [-0.1, -0.05) is 0 Å². The van der Waals surface area contributed by atoms with Gasteiger partial charge in [-0.3, -0.25) is 9.36 Å². The van der Waals surface area contributed by atoms with Gasteiger partial charge >= 0.3 is 5.69 Å². The fourth-order valence-electron chi connectivity index (χ4n) is 2.46. The van der Waals surface area contributed by atoms with Gasteiger partial charge in [0.2, 0.25) is 0 Å². The minimum absolute atomic E-state index is 0.0740. The predicted molar refractivity (Wildman–Crippen MR) is 71.8 cm³/mol. The molecule has 0 amide bonds. The minimum atomic E-state index is -0.492. The Morgan fingerprint density at radius 1 is 1.37 bits per heavy atom. The molecule has 1 fully saturated rings. The van der Waals surface area contributed by atoms with E-state index in [4.69, 9.17) is 5.41 Å². The van der Waals surface area contributed by atoms with Crippen LogP contribution in [-0.2, 0) is 14.1 Å². The second-order valence-corrected chi connectivity index (χ2v) is 5.08. The zero-order valence-corrected chi connectivity index (χ0v) is 11.5. The molecule has 1 aliphatic heterocycles. The summed E-state index contributed by atoms with van der Waals surface area (Å²) < 4.78 is 2.10. The third kappa shape index (κ3) is 2.51. The highest BCUT2D eigenvalue weighted by molar-refractivity contribution is 5.96. The molecule has 2 heterocycles. The molecule has 0 spiro atoms. The van der Waals surface area contributed by atoms with Crippen LogP contribution in [0.1, 0.15) is 25.0 Å². The number of aromatic nitrogens is 3. The van der Waals surface area contributed by atoms with E-state index in [2.05, 4.69) is 10.00 Å². The van der Waals surface area contributed by atoms with Crippen LogP contribution in [0.4, 0.5) is 0 Å². The molecule has 1 aliphatic rings. The van der Waals surface area contributed by atoms with Crippen molar-refractivity contribution < 1.29 is 0 Å². The second-order valence-electron chi connectivity index (χ2n) is 5.08. The highest BCUT2D eigenvalue weighted by Crippen LogP contribution is 2.18. The number of rotatable bonds is 3. The maximum atomic E-state index is 12.0. The standard InChI is InChI=1S/C12H19N5O2/c1-15-6-4-5-8(15)7-9(13)10-11(18)16(2)12(19)17(3)14-10/h8,13H,4-7H2,1-3H3. The predicted octanol–water partition coefficient (Wildman–Crippen LogP) is -0.669. The summed E-state index contributed by atoms with van der Waals surface area (Å²) in [5, 5.41) is 12.0. The molecule has 0 bridgehead atoms. The highest BCUT2D eigenvalue weighted by atomic mass is 16.2. The van der Waals surface area contributed by atoms with Crippen LogP contribution in [0.3, 0.4) is 0 Å². The number of nitrogens with one attached hydrogen (secondary N) is 1. The van der Waals surface area contributed by atoms with E-state index in [9.17, 15) is 9.59 Å². The number of nitrogens with zero attached hydrogens (tertiary/aromatic N) is 4. The molecule has 0 aromatic carbocycles. The number of hydrogen-bond acceptors (Lipinski definition) is 5. The van der Waals surface area contributed by atoms with Crippen molar-refractivity contribution in [2.75, 3.05) is 13.6 Å². The van der Waals surface area contributed by atoms with E-state index in [-0.39, 0.29) is 17.4 Å². The van der Waals surface area contributed by atoms with Crippen molar-refractivity contribution in [2.45, 2.75) is 25.3 Å². The van der Waals surface area contributed by atoms with Crippen LogP contribution in [0.15, 0.2) is 9.59 Å². The first-order chi connectivity index (χ1) is 8.91. The molecule has 1 N–H and O–H groups in total. The quantitative estimate of drug-likeness (QED) is 0.735. The maximum Gasteiger partial charge on any atom is 0.346 e. The lowest BCUT2D eigenvalue weighted by atomic mass is 10.1. The molecular weight excluding hydrogens is 246 g/mol. The largest absolute Gasteiger partial charge is 0.346 e. The molecule has 0 aliphatic carbocycles. The van der Waals surface area contributed by atoms with Gasteiger partial charge in [-0.2, -0.15) is 5.10 Å². The van der Waals surface area contributed by atoms with Crippen LogP contribution < -0.4 is 11.2 Å². The SMILES string of the molecule is CN1CCCC1CC(=N)c1nn(C)c(=O)n(C)c1=O. The van der Waals surface area contributed by atoms with E-state index >= 15 is 0 Å². The van der Waals surface area contributed by atoms with Gasteiger partial charge in [0, 0.05) is 26.6 Å². The molecule has 1 atom stereocenters.